The third kappa shape index (κ3) is 5.55. The molecule has 1 aromatic heterocycles. The predicted octanol–water partition coefficient (Wildman–Crippen LogP) is 3.90. The van der Waals surface area contributed by atoms with Crippen molar-refractivity contribution < 1.29 is 14.3 Å². The van der Waals surface area contributed by atoms with Gasteiger partial charge in [0.25, 0.3) is 5.91 Å². The Hall–Kier alpha value is -3.61. The zero-order valence-electron chi connectivity index (χ0n) is 18.9. The van der Waals surface area contributed by atoms with E-state index < -0.39 is 6.04 Å². The quantitative estimate of drug-likeness (QED) is 0.535. The van der Waals surface area contributed by atoms with Gasteiger partial charge in [0.1, 0.15) is 11.8 Å². The van der Waals surface area contributed by atoms with Crippen molar-refractivity contribution in [3.8, 4) is 11.4 Å². The highest BCUT2D eigenvalue weighted by Gasteiger charge is 2.27. The maximum atomic E-state index is 13.0. The fourth-order valence-electron chi connectivity index (χ4n) is 3.42. The molecule has 168 valence electrons. The minimum absolute atomic E-state index is 0.0889. The number of carbonyl (C=O) groups is 2. The van der Waals surface area contributed by atoms with Crippen molar-refractivity contribution in [1.29, 1.82) is 0 Å². The Morgan fingerprint density at radius 2 is 1.75 bits per heavy atom. The van der Waals surface area contributed by atoms with Crippen LogP contribution in [0.1, 0.15) is 49.7 Å². The molecular formula is C25H30N4O3. The van der Waals surface area contributed by atoms with Crippen LogP contribution in [0.15, 0.2) is 67.3 Å². The van der Waals surface area contributed by atoms with Crippen LogP contribution in [0.4, 0.5) is 0 Å². The number of carbonyl (C=O) groups excluding carboxylic acids is 2. The summed E-state index contributed by atoms with van der Waals surface area (Å²) in [4.78, 5) is 30.0. The van der Waals surface area contributed by atoms with E-state index in [0.29, 0.717) is 17.9 Å². The van der Waals surface area contributed by atoms with E-state index in [2.05, 4.69) is 15.6 Å². The topological polar surface area (TPSA) is 85.2 Å². The van der Waals surface area contributed by atoms with Crippen LogP contribution >= 0.6 is 0 Å². The number of ether oxygens (including phenoxy) is 1. The molecule has 2 amide bonds. The van der Waals surface area contributed by atoms with E-state index >= 15 is 0 Å². The molecule has 7 heteroatoms. The molecule has 3 rings (SSSR count). The van der Waals surface area contributed by atoms with Crippen LogP contribution in [-0.4, -0.2) is 34.0 Å². The molecule has 2 atom stereocenters. The van der Waals surface area contributed by atoms with E-state index in [1.807, 2.05) is 68.8 Å². The van der Waals surface area contributed by atoms with Crippen LogP contribution in [0.3, 0.4) is 0 Å². The second kappa shape index (κ2) is 10.6. The van der Waals surface area contributed by atoms with Gasteiger partial charge in [0.05, 0.1) is 24.5 Å². The summed E-state index contributed by atoms with van der Waals surface area (Å²) in [6.07, 6.45) is 5.34. The molecule has 0 spiro atoms. The zero-order chi connectivity index (χ0) is 23.1. The summed E-state index contributed by atoms with van der Waals surface area (Å²) in [6.45, 7) is 8.05. The third-order valence-corrected chi connectivity index (χ3v) is 5.22. The van der Waals surface area contributed by atoms with Gasteiger partial charge in [-0.3, -0.25) is 9.59 Å². The summed E-state index contributed by atoms with van der Waals surface area (Å²) in [6, 6.07) is 14.0. The number of benzene rings is 2. The summed E-state index contributed by atoms with van der Waals surface area (Å²) in [7, 11) is 0. The summed E-state index contributed by atoms with van der Waals surface area (Å²) in [5, 5.41) is 5.90. The van der Waals surface area contributed by atoms with Crippen molar-refractivity contribution in [3.05, 3.63) is 78.4 Å². The van der Waals surface area contributed by atoms with Crippen LogP contribution < -0.4 is 15.4 Å². The lowest BCUT2D eigenvalue weighted by Gasteiger charge is -2.24. The van der Waals surface area contributed by atoms with Crippen LogP contribution in [0.2, 0.25) is 0 Å². The van der Waals surface area contributed by atoms with Gasteiger partial charge in [-0.1, -0.05) is 38.1 Å². The lowest BCUT2D eigenvalue weighted by atomic mass is 10.0. The van der Waals surface area contributed by atoms with Crippen LogP contribution in [0.25, 0.3) is 5.69 Å². The smallest absolute Gasteiger partial charge is 0.255 e. The summed E-state index contributed by atoms with van der Waals surface area (Å²) < 4.78 is 7.47. The molecule has 0 fully saturated rings. The molecule has 1 heterocycles. The summed E-state index contributed by atoms with van der Waals surface area (Å²) in [5.41, 5.74) is 2.37. The van der Waals surface area contributed by atoms with Crippen molar-refractivity contribution in [3.63, 3.8) is 0 Å². The van der Waals surface area contributed by atoms with E-state index in [0.717, 1.165) is 11.3 Å². The van der Waals surface area contributed by atoms with Crippen molar-refractivity contribution in [2.75, 3.05) is 6.61 Å². The fourth-order valence-corrected chi connectivity index (χ4v) is 3.42. The molecule has 0 aliphatic carbocycles. The Kier molecular flexibility index (Phi) is 7.65. The van der Waals surface area contributed by atoms with Crippen LogP contribution in [0, 0.1) is 5.92 Å². The van der Waals surface area contributed by atoms with Gasteiger partial charge in [-0.15, -0.1) is 0 Å². The number of aromatic nitrogens is 2. The van der Waals surface area contributed by atoms with Gasteiger partial charge in [-0.2, -0.15) is 0 Å². The zero-order valence-corrected chi connectivity index (χ0v) is 18.9. The van der Waals surface area contributed by atoms with Crippen molar-refractivity contribution in [2.45, 2.75) is 39.8 Å². The van der Waals surface area contributed by atoms with Gasteiger partial charge in [0.15, 0.2) is 0 Å². The molecule has 32 heavy (non-hydrogen) atoms. The van der Waals surface area contributed by atoms with Gasteiger partial charge in [0.2, 0.25) is 5.91 Å². The van der Waals surface area contributed by atoms with Crippen molar-refractivity contribution in [2.24, 2.45) is 5.92 Å². The molecule has 7 nitrogen and oxygen atoms in total. The predicted molar refractivity (Wildman–Crippen MR) is 124 cm³/mol. The van der Waals surface area contributed by atoms with E-state index in [1.165, 1.54) is 0 Å². The largest absolute Gasteiger partial charge is 0.493 e. The molecule has 2 aromatic carbocycles. The van der Waals surface area contributed by atoms with Gasteiger partial charge < -0.3 is 19.9 Å². The SMILES string of the molecule is CCOc1ccccc1C(=O)N[C@@H](C(=O)N[C@@H](C)c1ccc(-n2ccnc2)cc1)C(C)C. The monoisotopic (exact) mass is 434 g/mol. The van der Waals surface area contributed by atoms with Gasteiger partial charge in [-0.05, 0) is 49.6 Å². The molecule has 0 saturated heterocycles. The highest BCUT2D eigenvalue weighted by Crippen LogP contribution is 2.19. The normalized spacial score (nSPS) is 12.8. The third-order valence-electron chi connectivity index (χ3n) is 5.22. The molecule has 0 aliphatic heterocycles. The molecule has 0 unspecified atom stereocenters. The van der Waals surface area contributed by atoms with E-state index in [9.17, 15) is 9.59 Å². The van der Waals surface area contributed by atoms with Gasteiger partial charge in [-0.25, -0.2) is 4.98 Å². The second-order valence-corrected chi connectivity index (χ2v) is 7.92. The molecule has 0 bridgehead atoms. The average molecular weight is 435 g/mol. The standard InChI is InChI=1S/C25H30N4O3/c1-5-32-22-9-7-6-8-21(22)24(30)28-23(17(2)3)25(31)27-18(4)19-10-12-20(13-11-19)29-15-14-26-16-29/h6-18,23H,5H2,1-4H3,(H,27,31)(H,28,30)/t18-,23+/m0/s1. The lowest BCUT2D eigenvalue weighted by molar-refractivity contribution is -0.124. The summed E-state index contributed by atoms with van der Waals surface area (Å²) >= 11 is 0. The van der Waals surface area contributed by atoms with Crippen LogP contribution in [-0.2, 0) is 4.79 Å². The number of imidazole rings is 1. The fraction of sp³-hybridized carbons (Fsp3) is 0.320. The number of para-hydroxylation sites is 1. The van der Waals surface area contributed by atoms with E-state index in [-0.39, 0.29) is 23.8 Å². The number of nitrogens with zero attached hydrogens (tertiary/aromatic N) is 2. The molecule has 0 saturated carbocycles. The number of hydrogen-bond donors (Lipinski definition) is 2. The summed E-state index contributed by atoms with van der Waals surface area (Å²) in [5.74, 6) is -0.149. The van der Waals surface area contributed by atoms with Gasteiger partial charge in [0, 0.05) is 18.1 Å². The highest BCUT2D eigenvalue weighted by molar-refractivity contribution is 5.99. The Balaban J connectivity index is 1.68. The van der Waals surface area contributed by atoms with Gasteiger partial charge >= 0.3 is 0 Å². The van der Waals surface area contributed by atoms with E-state index in [1.54, 1.807) is 30.7 Å². The first-order chi connectivity index (χ1) is 15.4. The van der Waals surface area contributed by atoms with Crippen molar-refractivity contribution >= 4 is 11.8 Å². The Bertz CT molecular complexity index is 1030. The number of rotatable bonds is 9. The average Bonchev–Trinajstić information content (AvgIpc) is 3.32. The molecular weight excluding hydrogens is 404 g/mol. The first-order valence-electron chi connectivity index (χ1n) is 10.8. The Labute approximate surface area is 188 Å². The number of amides is 2. The maximum Gasteiger partial charge on any atom is 0.255 e. The lowest BCUT2D eigenvalue weighted by Crippen LogP contribution is -2.50. The van der Waals surface area contributed by atoms with E-state index in [4.69, 9.17) is 4.74 Å². The first kappa shape index (κ1) is 23.1. The number of hydrogen-bond acceptors (Lipinski definition) is 4. The molecule has 0 aliphatic rings. The second-order valence-electron chi connectivity index (χ2n) is 7.92. The van der Waals surface area contributed by atoms with Crippen molar-refractivity contribution in [1.82, 2.24) is 20.2 Å². The Morgan fingerprint density at radius 1 is 1.03 bits per heavy atom. The maximum absolute atomic E-state index is 13.0. The first-order valence-corrected chi connectivity index (χ1v) is 10.8. The minimum atomic E-state index is -0.676. The molecule has 3 aromatic rings. The molecule has 0 radical (unpaired) electrons. The minimum Gasteiger partial charge on any atom is -0.493 e. The number of nitrogens with one attached hydrogen (secondary N) is 2. The molecule has 2 N–H and O–H groups in total. The highest BCUT2D eigenvalue weighted by atomic mass is 16.5. The van der Waals surface area contributed by atoms with Crippen LogP contribution in [0.5, 0.6) is 5.75 Å². The Morgan fingerprint density at radius 3 is 2.38 bits per heavy atom.